The third-order valence-corrected chi connectivity index (χ3v) is 2.54. The molecule has 0 radical (unpaired) electrons. The summed E-state index contributed by atoms with van der Waals surface area (Å²) in [5.41, 5.74) is 0. The molecule has 0 aromatic rings. The fourth-order valence-electron chi connectivity index (χ4n) is 1.32. The van der Waals surface area contributed by atoms with E-state index in [1.54, 1.807) is 6.92 Å². The molecule has 1 aliphatic rings. The second-order valence-corrected chi connectivity index (χ2v) is 4.77. The van der Waals surface area contributed by atoms with Crippen LogP contribution >= 0.6 is 15.9 Å². The Morgan fingerprint density at radius 1 is 1.69 bits per heavy atom. The van der Waals surface area contributed by atoms with E-state index in [1.807, 2.05) is 0 Å². The van der Waals surface area contributed by atoms with Crippen LogP contribution in [0.15, 0.2) is 12.2 Å². The van der Waals surface area contributed by atoms with Crippen LogP contribution in [0.2, 0.25) is 0 Å². The van der Waals surface area contributed by atoms with Gasteiger partial charge in [-0.2, -0.15) is 0 Å². The monoisotopic (exact) mass is 246 g/mol. The van der Waals surface area contributed by atoms with Gasteiger partial charge in [0, 0.05) is 0 Å². The number of hydrogen-bond acceptors (Lipinski definition) is 2. The van der Waals surface area contributed by atoms with E-state index >= 15 is 0 Å². The Bertz CT molecular complexity index is 199. The Morgan fingerprint density at radius 2 is 2.46 bits per heavy atom. The van der Waals surface area contributed by atoms with Crippen LogP contribution < -0.4 is 0 Å². The standard InChI is InChI=1S/C10H15BrO2/c1-8(11)10(12)13-7-9-5-3-2-4-6-9/h2-3,8-9H,4-7H2,1H3/t8-,9-/m0/s1. The van der Waals surface area contributed by atoms with Gasteiger partial charge in [0.15, 0.2) is 0 Å². The zero-order chi connectivity index (χ0) is 9.68. The lowest BCUT2D eigenvalue weighted by molar-refractivity contribution is -0.143. The third kappa shape index (κ3) is 3.94. The maximum atomic E-state index is 11.1. The molecule has 0 saturated carbocycles. The van der Waals surface area contributed by atoms with Crippen LogP contribution in [0.25, 0.3) is 0 Å². The van der Waals surface area contributed by atoms with Crippen LogP contribution in [0.5, 0.6) is 0 Å². The number of carbonyl (C=O) groups excluding carboxylic acids is 1. The molecule has 0 spiro atoms. The van der Waals surface area contributed by atoms with Crippen LogP contribution in [-0.2, 0) is 9.53 Å². The zero-order valence-electron chi connectivity index (χ0n) is 7.83. The number of alkyl halides is 1. The summed E-state index contributed by atoms with van der Waals surface area (Å²) in [5, 5.41) is 0. The summed E-state index contributed by atoms with van der Waals surface area (Å²) < 4.78 is 5.12. The second-order valence-electron chi connectivity index (χ2n) is 3.40. The molecule has 0 bridgehead atoms. The quantitative estimate of drug-likeness (QED) is 0.435. The maximum Gasteiger partial charge on any atom is 0.319 e. The molecule has 0 unspecified atom stereocenters. The molecule has 0 aliphatic heterocycles. The summed E-state index contributed by atoms with van der Waals surface area (Å²) in [7, 11) is 0. The largest absolute Gasteiger partial charge is 0.465 e. The lowest BCUT2D eigenvalue weighted by Crippen LogP contribution is -2.19. The van der Waals surface area contributed by atoms with E-state index in [-0.39, 0.29) is 10.8 Å². The first-order valence-corrected chi connectivity index (χ1v) is 5.57. The van der Waals surface area contributed by atoms with Gasteiger partial charge in [-0.25, -0.2) is 0 Å². The van der Waals surface area contributed by atoms with E-state index in [1.165, 1.54) is 0 Å². The average Bonchev–Trinajstić information content (AvgIpc) is 2.15. The van der Waals surface area contributed by atoms with E-state index in [0.29, 0.717) is 12.5 Å². The normalized spacial score (nSPS) is 24.0. The Balaban J connectivity index is 2.18. The molecule has 13 heavy (non-hydrogen) atoms. The molecule has 0 amide bonds. The van der Waals surface area contributed by atoms with Crippen molar-refractivity contribution < 1.29 is 9.53 Å². The molecule has 0 aromatic carbocycles. The highest BCUT2D eigenvalue weighted by atomic mass is 79.9. The molecular weight excluding hydrogens is 232 g/mol. The molecule has 2 nitrogen and oxygen atoms in total. The van der Waals surface area contributed by atoms with E-state index < -0.39 is 0 Å². The van der Waals surface area contributed by atoms with Gasteiger partial charge in [0.05, 0.1) is 6.61 Å². The van der Waals surface area contributed by atoms with Crippen molar-refractivity contribution in [2.75, 3.05) is 6.61 Å². The number of allylic oxidation sites excluding steroid dienone is 2. The van der Waals surface area contributed by atoms with Crippen molar-refractivity contribution in [1.82, 2.24) is 0 Å². The van der Waals surface area contributed by atoms with Crippen molar-refractivity contribution in [1.29, 1.82) is 0 Å². The van der Waals surface area contributed by atoms with E-state index in [9.17, 15) is 4.79 Å². The van der Waals surface area contributed by atoms with Gasteiger partial charge < -0.3 is 4.74 Å². The van der Waals surface area contributed by atoms with Crippen LogP contribution in [0.3, 0.4) is 0 Å². The van der Waals surface area contributed by atoms with Crippen molar-refractivity contribution >= 4 is 21.9 Å². The van der Waals surface area contributed by atoms with Crippen molar-refractivity contribution in [2.24, 2.45) is 5.92 Å². The summed E-state index contributed by atoms with van der Waals surface area (Å²) in [6, 6.07) is 0. The number of rotatable bonds is 3. The second kappa shape index (κ2) is 5.43. The van der Waals surface area contributed by atoms with Gasteiger partial charge in [0.25, 0.3) is 0 Å². The van der Waals surface area contributed by atoms with Gasteiger partial charge in [-0.1, -0.05) is 28.1 Å². The molecule has 0 N–H and O–H groups in total. The first-order chi connectivity index (χ1) is 6.20. The van der Waals surface area contributed by atoms with Gasteiger partial charge in [0.1, 0.15) is 4.83 Å². The van der Waals surface area contributed by atoms with Crippen molar-refractivity contribution in [3.05, 3.63) is 12.2 Å². The molecule has 3 heteroatoms. The summed E-state index contributed by atoms with van der Waals surface area (Å²) in [6.07, 6.45) is 7.65. The van der Waals surface area contributed by atoms with Gasteiger partial charge in [-0.15, -0.1) is 0 Å². The van der Waals surface area contributed by atoms with Crippen LogP contribution in [-0.4, -0.2) is 17.4 Å². The number of halogens is 1. The Kier molecular flexibility index (Phi) is 4.50. The van der Waals surface area contributed by atoms with E-state index in [2.05, 4.69) is 28.1 Å². The van der Waals surface area contributed by atoms with Crippen LogP contribution in [0.1, 0.15) is 26.2 Å². The molecule has 74 valence electrons. The van der Waals surface area contributed by atoms with Crippen molar-refractivity contribution in [3.63, 3.8) is 0 Å². The highest BCUT2D eigenvalue weighted by Gasteiger charge is 2.15. The minimum atomic E-state index is -0.188. The predicted molar refractivity (Wildman–Crippen MR) is 55.8 cm³/mol. The lowest BCUT2D eigenvalue weighted by atomic mass is 9.95. The average molecular weight is 247 g/mol. The van der Waals surface area contributed by atoms with Gasteiger partial charge in [0.2, 0.25) is 0 Å². The van der Waals surface area contributed by atoms with Gasteiger partial charge in [-0.3, -0.25) is 4.79 Å². The minimum Gasteiger partial charge on any atom is -0.465 e. The Morgan fingerprint density at radius 3 is 3.00 bits per heavy atom. The zero-order valence-corrected chi connectivity index (χ0v) is 9.42. The maximum absolute atomic E-state index is 11.1. The molecule has 1 aliphatic carbocycles. The Hall–Kier alpha value is -0.310. The predicted octanol–water partition coefficient (Wildman–Crippen LogP) is 2.67. The minimum absolute atomic E-state index is 0.158. The molecule has 2 atom stereocenters. The van der Waals surface area contributed by atoms with Crippen LogP contribution in [0.4, 0.5) is 0 Å². The SMILES string of the molecule is C[C@H](Br)C(=O)OC[C@H]1CC=CCC1. The lowest BCUT2D eigenvalue weighted by Gasteiger charge is -2.17. The summed E-state index contributed by atoms with van der Waals surface area (Å²) >= 11 is 3.18. The van der Waals surface area contributed by atoms with Crippen molar-refractivity contribution in [2.45, 2.75) is 31.0 Å². The topological polar surface area (TPSA) is 26.3 Å². The number of hydrogen-bond donors (Lipinski definition) is 0. The number of carbonyl (C=O) groups is 1. The van der Waals surface area contributed by atoms with Crippen LogP contribution in [0, 0.1) is 5.92 Å². The summed E-state index contributed by atoms with van der Waals surface area (Å²) in [4.78, 5) is 10.9. The van der Waals surface area contributed by atoms with Gasteiger partial charge >= 0.3 is 5.97 Å². The highest BCUT2D eigenvalue weighted by molar-refractivity contribution is 9.10. The Labute approximate surface area is 87.5 Å². The fourth-order valence-corrected chi connectivity index (χ4v) is 1.45. The third-order valence-electron chi connectivity index (χ3n) is 2.16. The van der Waals surface area contributed by atoms with Crippen molar-refractivity contribution in [3.8, 4) is 0 Å². The molecule has 0 fully saturated rings. The molecule has 0 aromatic heterocycles. The summed E-state index contributed by atoms with van der Waals surface area (Å²) in [6.45, 7) is 2.35. The fraction of sp³-hybridized carbons (Fsp3) is 0.700. The van der Waals surface area contributed by atoms with E-state index in [4.69, 9.17) is 4.74 Å². The molecule has 0 heterocycles. The first kappa shape index (κ1) is 10.8. The molecule has 0 saturated heterocycles. The summed E-state index contributed by atoms with van der Waals surface area (Å²) in [5.74, 6) is 0.370. The van der Waals surface area contributed by atoms with Gasteiger partial charge in [-0.05, 0) is 32.1 Å². The number of ether oxygens (including phenoxy) is 1. The number of esters is 1. The highest BCUT2D eigenvalue weighted by Crippen LogP contribution is 2.18. The molecular formula is C10H15BrO2. The first-order valence-electron chi connectivity index (χ1n) is 4.66. The smallest absolute Gasteiger partial charge is 0.319 e. The van der Waals surface area contributed by atoms with E-state index in [0.717, 1.165) is 19.3 Å². The molecule has 1 rings (SSSR count).